The van der Waals surface area contributed by atoms with Crippen molar-refractivity contribution in [2.24, 2.45) is 5.92 Å². The predicted octanol–water partition coefficient (Wildman–Crippen LogP) is 3.68. The van der Waals surface area contributed by atoms with Crippen molar-refractivity contribution in [3.05, 3.63) is 59.7 Å². The van der Waals surface area contributed by atoms with Gasteiger partial charge in [0.05, 0.1) is 13.5 Å². The van der Waals surface area contributed by atoms with Gasteiger partial charge in [0.2, 0.25) is 11.8 Å². The minimum atomic E-state index is -0.0455. The fourth-order valence-corrected chi connectivity index (χ4v) is 3.49. The van der Waals surface area contributed by atoms with Crippen molar-refractivity contribution in [3.63, 3.8) is 0 Å². The zero-order valence-corrected chi connectivity index (χ0v) is 16.6. The van der Waals surface area contributed by atoms with Gasteiger partial charge in [0.25, 0.3) is 0 Å². The van der Waals surface area contributed by atoms with Gasteiger partial charge in [0.1, 0.15) is 5.75 Å². The fourth-order valence-electron chi connectivity index (χ4n) is 3.49. The third kappa shape index (κ3) is 5.12. The molecule has 2 amide bonds. The highest BCUT2D eigenvalue weighted by Crippen LogP contribution is 2.21. The lowest BCUT2D eigenvalue weighted by molar-refractivity contribution is -0.133. The Labute approximate surface area is 166 Å². The first-order valence-corrected chi connectivity index (χ1v) is 9.89. The van der Waals surface area contributed by atoms with Crippen molar-refractivity contribution in [1.82, 2.24) is 4.90 Å². The van der Waals surface area contributed by atoms with Gasteiger partial charge in [0, 0.05) is 24.7 Å². The highest BCUT2D eigenvalue weighted by atomic mass is 16.5. The van der Waals surface area contributed by atoms with E-state index in [9.17, 15) is 9.59 Å². The van der Waals surface area contributed by atoms with E-state index in [1.807, 2.05) is 53.4 Å². The van der Waals surface area contributed by atoms with Crippen LogP contribution < -0.4 is 10.1 Å². The van der Waals surface area contributed by atoms with Crippen molar-refractivity contribution < 1.29 is 14.3 Å². The van der Waals surface area contributed by atoms with Crippen LogP contribution in [0, 0.1) is 5.92 Å². The Morgan fingerprint density at radius 3 is 2.18 bits per heavy atom. The smallest absolute Gasteiger partial charge is 0.227 e. The van der Waals surface area contributed by atoms with Gasteiger partial charge in [-0.3, -0.25) is 9.59 Å². The minimum absolute atomic E-state index is 0.0455. The number of rotatable bonds is 6. The molecule has 0 aliphatic carbocycles. The molecule has 0 radical (unpaired) electrons. The van der Waals surface area contributed by atoms with Gasteiger partial charge in [-0.25, -0.2) is 0 Å². The van der Waals surface area contributed by atoms with E-state index in [1.165, 1.54) is 5.56 Å². The number of benzene rings is 2. The maximum Gasteiger partial charge on any atom is 0.227 e. The quantitative estimate of drug-likeness (QED) is 0.832. The summed E-state index contributed by atoms with van der Waals surface area (Å²) >= 11 is 0. The summed E-state index contributed by atoms with van der Waals surface area (Å²) < 4.78 is 5.15. The number of nitrogens with one attached hydrogen (secondary N) is 1. The third-order valence-corrected chi connectivity index (χ3v) is 5.36. The summed E-state index contributed by atoms with van der Waals surface area (Å²) in [5.41, 5.74) is 3.06. The maximum absolute atomic E-state index is 12.5. The number of hydrogen-bond donors (Lipinski definition) is 1. The van der Waals surface area contributed by atoms with Crippen LogP contribution in [0.2, 0.25) is 0 Å². The predicted molar refractivity (Wildman–Crippen MR) is 110 cm³/mol. The monoisotopic (exact) mass is 380 g/mol. The first-order valence-electron chi connectivity index (χ1n) is 9.89. The lowest BCUT2D eigenvalue weighted by Gasteiger charge is -2.31. The summed E-state index contributed by atoms with van der Waals surface area (Å²) in [5, 5.41) is 3.00. The lowest BCUT2D eigenvalue weighted by atomic mass is 9.95. The van der Waals surface area contributed by atoms with Crippen molar-refractivity contribution in [2.45, 2.75) is 32.6 Å². The van der Waals surface area contributed by atoms with E-state index in [-0.39, 0.29) is 17.7 Å². The molecule has 28 heavy (non-hydrogen) atoms. The van der Waals surface area contributed by atoms with Crippen LogP contribution in [0.25, 0.3) is 0 Å². The summed E-state index contributed by atoms with van der Waals surface area (Å²) in [7, 11) is 1.63. The normalized spacial score (nSPS) is 14.6. The number of aryl methyl sites for hydroxylation is 1. The second-order valence-electron chi connectivity index (χ2n) is 7.22. The Hall–Kier alpha value is -2.82. The van der Waals surface area contributed by atoms with Gasteiger partial charge in [-0.2, -0.15) is 0 Å². The number of carbonyl (C=O) groups excluding carboxylic acids is 2. The van der Waals surface area contributed by atoms with Crippen molar-refractivity contribution in [3.8, 4) is 5.75 Å². The van der Waals surface area contributed by atoms with E-state index in [4.69, 9.17) is 4.74 Å². The van der Waals surface area contributed by atoms with Crippen LogP contribution in [0.15, 0.2) is 48.5 Å². The minimum Gasteiger partial charge on any atom is -0.497 e. The molecule has 2 aromatic carbocycles. The van der Waals surface area contributed by atoms with E-state index in [0.29, 0.717) is 32.4 Å². The number of nitrogens with zero attached hydrogens (tertiary/aromatic N) is 1. The van der Waals surface area contributed by atoms with E-state index >= 15 is 0 Å². The third-order valence-electron chi connectivity index (χ3n) is 5.36. The molecule has 0 atom stereocenters. The van der Waals surface area contributed by atoms with Crippen LogP contribution in [0.3, 0.4) is 0 Å². The van der Waals surface area contributed by atoms with Crippen LogP contribution in [0.5, 0.6) is 5.75 Å². The van der Waals surface area contributed by atoms with Crippen LogP contribution in [-0.2, 0) is 22.4 Å². The SMILES string of the molecule is CCc1ccc(NC(=O)C2CCN(C(=O)Cc3ccc(OC)cc3)CC2)cc1. The second kappa shape index (κ2) is 9.40. The largest absolute Gasteiger partial charge is 0.497 e. The molecule has 3 rings (SSSR count). The van der Waals surface area contributed by atoms with Gasteiger partial charge < -0.3 is 15.0 Å². The number of amides is 2. The van der Waals surface area contributed by atoms with Gasteiger partial charge in [0.15, 0.2) is 0 Å². The average molecular weight is 380 g/mol. The van der Waals surface area contributed by atoms with E-state index in [2.05, 4.69) is 12.2 Å². The molecule has 0 saturated carbocycles. The lowest BCUT2D eigenvalue weighted by Crippen LogP contribution is -2.42. The van der Waals surface area contributed by atoms with Gasteiger partial charge in [-0.1, -0.05) is 31.2 Å². The van der Waals surface area contributed by atoms with E-state index < -0.39 is 0 Å². The first kappa shape index (κ1) is 19.9. The first-order chi connectivity index (χ1) is 13.6. The number of anilines is 1. The number of carbonyl (C=O) groups is 2. The highest BCUT2D eigenvalue weighted by molar-refractivity contribution is 5.92. The Kier molecular flexibility index (Phi) is 6.69. The van der Waals surface area contributed by atoms with Gasteiger partial charge in [-0.15, -0.1) is 0 Å². The molecule has 0 unspecified atom stereocenters. The van der Waals surface area contributed by atoms with Crippen LogP contribution in [0.4, 0.5) is 5.69 Å². The van der Waals surface area contributed by atoms with Crippen molar-refractivity contribution in [2.75, 3.05) is 25.5 Å². The number of methoxy groups -OCH3 is 1. The molecule has 1 saturated heterocycles. The summed E-state index contributed by atoms with van der Waals surface area (Å²) in [4.78, 5) is 26.9. The standard InChI is InChI=1S/C23H28N2O3/c1-3-17-4-8-20(9-5-17)24-23(27)19-12-14-25(15-13-19)22(26)16-18-6-10-21(28-2)11-7-18/h4-11,19H,3,12-16H2,1-2H3,(H,24,27). The molecular weight excluding hydrogens is 352 g/mol. The summed E-state index contributed by atoms with van der Waals surface area (Å²) in [6.07, 6.45) is 2.77. The van der Waals surface area contributed by atoms with E-state index in [1.54, 1.807) is 7.11 Å². The van der Waals surface area contributed by atoms with Crippen molar-refractivity contribution in [1.29, 1.82) is 0 Å². The molecule has 0 bridgehead atoms. The number of hydrogen-bond acceptors (Lipinski definition) is 3. The molecular formula is C23H28N2O3. The fraction of sp³-hybridized carbons (Fsp3) is 0.391. The maximum atomic E-state index is 12.5. The molecule has 1 fully saturated rings. The Balaban J connectivity index is 1.47. The molecule has 0 spiro atoms. The van der Waals surface area contributed by atoms with Crippen LogP contribution in [-0.4, -0.2) is 36.9 Å². The number of piperidine rings is 1. The Morgan fingerprint density at radius 1 is 1.00 bits per heavy atom. The van der Waals surface area contributed by atoms with Crippen LogP contribution >= 0.6 is 0 Å². The summed E-state index contributed by atoms with van der Waals surface area (Å²) in [5.74, 6) is 0.897. The molecule has 1 aliphatic heterocycles. The number of likely N-dealkylation sites (tertiary alicyclic amines) is 1. The molecule has 1 heterocycles. The molecule has 1 aliphatic rings. The molecule has 2 aromatic rings. The second-order valence-corrected chi connectivity index (χ2v) is 7.22. The molecule has 0 aromatic heterocycles. The molecule has 5 nitrogen and oxygen atoms in total. The summed E-state index contributed by atoms with van der Waals surface area (Å²) in [6.45, 7) is 3.36. The molecule has 5 heteroatoms. The van der Waals surface area contributed by atoms with Crippen molar-refractivity contribution >= 4 is 17.5 Å². The zero-order valence-electron chi connectivity index (χ0n) is 16.6. The topological polar surface area (TPSA) is 58.6 Å². The highest BCUT2D eigenvalue weighted by Gasteiger charge is 2.27. The molecule has 148 valence electrons. The van der Waals surface area contributed by atoms with Gasteiger partial charge >= 0.3 is 0 Å². The Bertz CT molecular complexity index is 722. The number of ether oxygens (including phenoxy) is 1. The average Bonchev–Trinajstić information content (AvgIpc) is 2.75. The Morgan fingerprint density at radius 2 is 1.61 bits per heavy atom. The van der Waals surface area contributed by atoms with E-state index in [0.717, 1.165) is 23.4 Å². The van der Waals surface area contributed by atoms with Crippen LogP contribution in [0.1, 0.15) is 30.9 Å². The zero-order chi connectivity index (χ0) is 19.9. The van der Waals surface area contributed by atoms with Gasteiger partial charge in [-0.05, 0) is 54.7 Å². The summed E-state index contributed by atoms with van der Waals surface area (Å²) in [6, 6.07) is 15.5. The molecule has 1 N–H and O–H groups in total.